The van der Waals surface area contributed by atoms with E-state index in [-0.39, 0.29) is 29.5 Å². The van der Waals surface area contributed by atoms with Gasteiger partial charge in [-0.1, -0.05) is 17.7 Å². The van der Waals surface area contributed by atoms with Crippen molar-refractivity contribution in [1.82, 2.24) is 25.0 Å². The highest BCUT2D eigenvalue weighted by molar-refractivity contribution is 7.11. The molecule has 14 heteroatoms. The second-order valence-electron chi connectivity index (χ2n) is 10.0. The Hall–Kier alpha value is -3.26. The second kappa shape index (κ2) is 10.6. The average Bonchev–Trinajstić information content (AvgIpc) is 3.71. The summed E-state index contributed by atoms with van der Waals surface area (Å²) in [4.78, 5) is 24.3. The third kappa shape index (κ3) is 4.91. The number of fused-ring (bicyclic) bond motifs is 1. The molecule has 3 unspecified atom stereocenters. The summed E-state index contributed by atoms with van der Waals surface area (Å²) in [5.41, 5.74) is 1.92. The van der Waals surface area contributed by atoms with Gasteiger partial charge in [0.15, 0.2) is 10.8 Å². The van der Waals surface area contributed by atoms with Gasteiger partial charge in [0, 0.05) is 58.5 Å². The predicted octanol–water partition coefficient (Wildman–Crippen LogP) is 3.76. The minimum atomic E-state index is -2.85. The molecule has 1 saturated carbocycles. The number of aliphatic imine (C=N–C) groups is 1. The van der Waals surface area contributed by atoms with E-state index in [0.717, 1.165) is 0 Å². The van der Waals surface area contributed by atoms with E-state index in [4.69, 9.17) is 16.6 Å². The summed E-state index contributed by atoms with van der Waals surface area (Å²) in [5.74, 6) is -0.834. The van der Waals surface area contributed by atoms with E-state index in [2.05, 4.69) is 15.4 Å². The molecule has 1 amide bonds. The topological polar surface area (TPSA) is 116 Å². The molecule has 2 fully saturated rings. The number of hydrogen-bond donors (Lipinski definition) is 3. The number of alkyl halides is 2. The van der Waals surface area contributed by atoms with Gasteiger partial charge in [-0.3, -0.25) is 9.79 Å². The van der Waals surface area contributed by atoms with Gasteiger partial charge in [-0.15, -0.1) is 11.3 Å². The molecule has 0 bridgehead atoms. The summed E-state index contributed by atoms with van der Waals surface area (Å²) in [7, 11) is 0. The fourth-order valence-corrected chi connectivity index (χ4v) is 6.49. The van der Waals surface area contributed by atoms with Crippen LogP contribution in [0.1, 0.15) is 48.1 Å². The van der Waals surface area contributed by atoms with E-state index < -0.39 is 42.6 Å². The molecule has 9 nitrogen and oxygen atoms in total. The maximum absolute atomic E-state index is 14.0. The summed E-state index contributed by atoms with van der Waals surface area (Å²) >= 11 is 7.84. The standard InChI is InChI=1S/C26H24ClF3N6O3S/c27-16-9-13(28)1-2-15(16)22-21(17-3-5-36(34-17)26(29)30)18-10-14(32-24(39)12-7-19(37)20(38)8-12)11-35(18)23(33-22)25-31-4-6-40-25/h1-6,9,12,14,19-20,22,26,37-38H,7-8,10-11H2,(H,32,39)/t12?,14?,19?,20?,22-/m0/s1. The van der Waals surface area contributed by atoms with Gasteiger partial charge in [-0.25, -0.2) is 14.1 Å². The lowest BCUT2D eigenvalue weighted by Gasteiger charge is -2.32. The van der Waals surface area contributed by atoms with Crippen LogP contribution in [-0.2, 0) is 4.79 Å². The van der Waals surface area contributed by atoms with Crippen LogP contribution in [0.15, 0.2) is 52.7 Å². The fraction of sp³-hybridized carbons (Fsp3) is 0.385. The first-order valence-electron chi connectivity index (χ1n) is 12.6. The number of aliphatic hydroxyl groups excluding tert-OH is 2. The lowest BCUT2D eigenvalue weighted by atomic mass is 9.92. The number of nitrogens with one attached hydrogen (secondary N) is 1. The van der Waals surface area contributed by atoms with Crippen LogP contribution in [0, 0.1) is 11.7 Å². The molecule has 3 aliphatic rings. The lowest BCUT2D eigenvalue weighted by molar-refractivity contribution is -0.125. The van der Waals surface area contributed by atoms with Crippen molar-refractivity contribution in [2.45, 2.75) is 50.1 Å². The van der Waals surface area contributed by atoms with Gasteiger partial charge in [-0.05, 0) is 31.0 Å². The summed E-state index contributed by atoms with van der Waals surface area (Å²) in [5, 5.41) is 29.5. The van der Waals surface area contributed by atoms with Gasteiger partial charge in [-0.2, -0.15) is 13.9 Å². The largest absolute Gasteiger partial charge is 0.390 e. The van der Waals surface area contributed by atoms with Crippen molar-refractivity contribution in [3.63, 3.8) is 0 Å². The Morgan fingerprint density at radius 2 is 1.98 bits per heavy atom. The molecule has 1 aromatic carbocycles. The SMILES string of the molecule is O=C(NC1CC2=C(c3ccn(C(F)F)n3)[C@H](c3ccc(F)cc3Cl)N=C(c3nccs3)N2C1)C1CC(O)C(O)C1. The Morgan fingerprint density at radius 3 is 2.62 bits per heavy atom. The molecule has 210 valence electrons. The van der Waals surface area contributed by atoms with E-state index in [1.807, 2.05) is 4.90 Å². The van der Waals surface area contributed by atoms with Crippen LogP contribution in [0.2, 0.25) is 5.02 Å². The third-order valence-corrected chi connectivity index (χ3v) is 8.53. The second-order valence-corrected chi connectivity index (χ2v) is 11.3. The summed E-state index contributed by atoms with van der Waals surface area (Å²) in [6, 6.07) is 4.20. The van der Waals surface area contributed by atoms with E-state index >= 15 is 0 Å². The molecule has 3 aromatic rings. The summed E-state index contributed by atoms with van der Waals surface area (Å²) < 4.78 is 41.5. The minimum absolute atomic E-state index is 0.119. The normalized spacial score (nSPS) is 26.4. The van der Waals surface area contributed by atoms with Crippen molar-refractivity contribution < 1.29 is 28.2 Å². The van der Waals surface area contributed by atoms with Gasteiger partial charge in [0.2, 0.25) is 5.91 Å². The number of rotatable bonds is 6. The molecule has 2 aromatic heterocycles. The van der Waals surface area contributed by atoms with E-state index in [9.17, 15) is 28.2 Å². The van der Waals surface area contributed by atoms with Gasteiger partial charge in [0.25, 0.3) is 0 Å². The van der Waals surface area contributed by atoms with Crippen molar-refractivity contribution in [2.75, 3.05) is 6.54 Å². The monoisotopic (exact) mass is 592 g/mol. The fourth-order valence-electron chi connectivity index (χ4n) is 5.58. The zero-order chi connectivity index (χ0) is 28.1. The van der Waals surface area contributed by atoms with Crippen molar-refractivity contribution in [3.8, 4) is 0 Å². The first-order chi connectivity index (χ1) is 19.2. The van der Waals surface area contributed by atoms with Crippen LogP contribution in [0.3, 0.4) is 0 Å². The Morgan fingerprint density at radius 1 is 1.20 bits per heavy atom. The van der Waals surface area contributed by atoms with E-state index in [1.54, 1.807) is 11.6 Å². The molecule has 2 aliphatic heterocycles. The lowest BCUT2D eigenvalue weighted by Crippen LogP contribution is -2.41. The highest BCUT2D eigenvalue weighted by Crippen LogP contribution is 2.46. The van der Waals surface area contributed by atoms with Crippen LogP contribution in [0.4, 0.5) is 13.2 Å². The van der Waals surface area contributed by atoms with E-state index in [0.29, 0.717) is 45.3 Å². The van der Waals surface area contributed by atoms with Crippen LogP contribution >= 0.6 is 22.9 Å². The molecule has 4 atom stereocenters. The van der Waals surface area contributed by atoms with Crippen molar-refractivity contribution in [1.29, 1.82) is 0 Å². The molecule has 1 saturated heterocycles. The number of nitrogens with zero attached hydrogens (tertiary/aromatic N) is 5. The smallest absolute Gasteiger partial charge is 0.333 e. The van der Waals surface area contributed by atoms with Gasteiger partial charge in [0.05, 0.1) is 23.9 Å². The number of aliphatic hydroxyl groups is 2. The highest BCUT2D eigenvalue weighted by Gasteiger charge is 2.43. The molecule has 1 aliphatic carbocycles. The van der Waals surface area contributed by atoms with Crippen LogP contribution in [0.5, 0.6) is 0 Å². The molecule has 6 rings (SSSR count). The van der Waals surface area contributed by atoms with Crippen molar-refractivity contribution in [2.24, 2.45) is 10.9 Å². The molecule has 0 radical (unpaired) electrons. The van der Waals surface area contributed by atoms with E-state index in [1.165, 1.54) is 41.8 Å². The number of amidine groups is 1. The summed E-state index contributed by atoms with van der Waals surface area (Å²) in [6.45, 7) is -2.53. The maximum Gasteiger partial charge on any atom is 0.333 e. The Kier molecular flexibility index (Phi) is 7.15. The van der Waals surface area contributed by atoms with Crippen molar-refractivity contribution in [3.05, 3.63) is 74.8 Å². The first kappa shape index (κ1) is 26.9. The molecular formula is C26H24ClF3N6O3S. The Labute approximate surface area is 235 Å². The van der Waals surface area contributed by atoms with Crippen LogP contribution < -0.4 is 5.32 Å². The molecule has 40 heavy (non-hydrogen) atoms. The molecular weight excluding hydrogens is 569 g/mol. The predicted molar refractivity (Wildman–Crippen MR) is 141 cm³/mol. The minimum Gasteiger partial charge on any atom is -0.390 e. The zero-order valence-corrected chi connectivity index (χ0v) is 22.4. The number of halogens is 4. The number of hydrogen-bond acceptors (Lipinski definition) is 8. The first-order valence-corrected chi connectivity index (χ1v) is 13.9. The van der Waals surface area contributed by atoms with Gasteiger partial charge >= 0.3 is 6.55 Å². The number of benzene rings is 1. The van der Waals surface area contributed by atoms with Crippen LogP contribution in [-0.4, -0.2) is 66.4 Å². The number of thiazole rings is 1. The third-order valence-electron chi connectivity index (χ3n) is 7.44. The number of amides is 1. The van der Waals surface area contributed by atoms with Gasteiger partial charge < -0.3 is 20.4 Å². The molecule has 3 N–H and O–H groups in total. The van der Waals surface area contributed by atoms with Gasteiger partial charge in [0.1, 0.15) is 11.9 Å². The number of aromatic nitrogens is 3. The molecule has 4 heterocycles. The van der Waals surface area contributed by atoms with Crippen molar-refractivity contribution >= 4 is 40.3 Å². The van der Waals surface area contributed by atoms with Crippen LogP contribution in [0.25, 0.3) is 5.57 Å². The average molecular weight is 593 g/mol. The Bertz CT molecular complexity index is 1490. The zero-order valence-electron chi connectivity index (χ0n) is 20.8. The highest BCUT2D eigenvalue weighted by atomic mass is 35.5. The number of carbonyl (C=O) groups excluding carboxylic acids is 1. The number of carbonyl (C=O) groups is 1. The maximum atomic E-state index is 14.0. The summed E-state index contributed by atoms with van der Waals surface area (Å²) in [6.07, 6.45) is 1.56. The quantitative estimate of drug-likeness (QED) is 0.401. The Balaban J connectivity index is 1.43. The molecule has 0 spiro atoms.